The molecule has 2 heterocycles. The summed E-state index contributed by atoms with van der Waals surface area (Å²) >= 11 is 0. The summed E-state index contributed by atoms with van der Waals surface area (Å²) < 4.78 is 50.0. The maximum Gasteiger partial charge on any atom is 0.433 e. The van der Waals surface area contributed by atoms with Gasteiger partial charge in [-0.05, 0) is 37.6 Å². The number of benzene rings is 1. The SMILES string of the molecule is C#C.C=CC.CC.CC.CCCNC(=O)c1nc(-c2ccc(OC)c3nc(C(F)(F)F)ccc23)oc1CN. The summed E-state index contributed by atoms with van der Waals surface area (Å²) in [4.78, 5) is 20.2. The van der Waals surface area contributed by atoms with E-state index in [4.69, 9.17) is 14.9 Å². The number of ether oxygens (including phenoxy) is 1. The number of carbonyl (C=O) groups is 1. The molecule has 0 aliphatic heterocycles. The Morgan fingerprint density at radius 2 is 1.74 bits per heavy atom. The highest BCUT2D eigenvalue weighted by atomic mass is 19.4. The Morgan fingerprint density at radius 3 is 2.21 bits per heavy atom. The number of allylic oxidation sites excluding steroid dienone is 1. The molecule has 0 spiro atoms. The Morgan fingerprint density at radius 1 is 1.16 bits per heavy atom. The molecule has 0 aliphatic rings. The number of pyridine rings is 1. The molecule has 10 heteroatoms. The second-order valence-electron chi connectivity index (χ2n) is 6.56. The van der Waals surface area contributed by atoms with Gasteiger partial charge in [-0.1, -0.05) is 40.7 Å². The van der Waals surface area contributed by atoms with Crippen LogP contribution in [0, 0.1) is 12.8 Å². The maximum absolute atomic E-state index is 13.1. The number of fused-ring (bicyclic) bond motifs is 1. The number of rotatable bonds is 6. The third-order valence-corrected chi connectivity index (χ3v) is 4.19. The summed E-state index contributed by atoms with van der Waals surface area (Å²) in [5.41, 5.74) is 5.03. The van der Waals surface area contributed by atoms with E-state index in [1.807, 2.05) is 41.5 Å². The predicted molar refractivity (Wildman–Crippen MR) is 148 cm³/mol. The average Bonchev–Trinajstić information content (AvgIpc) is 3.38. The molecule has 3 rings (SSSR count). The largest absolute Gasteiger partial charge is 0.494 e. The van der Waals surface area contributed by atoms with Gasteiger partial charge in [0.2, 0.25) is 5.89 Å². The molecule has 1 aromatic carbocycles. The minimum atomic E-state index is -4.60. The fourth-order valence-electron chi connectivity index (χ4n) is 2.81. The number of aromatic nitrogens is 2. The lowest BCUT2D eigenvalue weighted by molar-refractivity contribution is -0.140. The second-order valence-corrected chi connectivity index (χ2v) is 6.56. The quantitative estimate of drug-likeness (QED) is 0.259. The standard InChI is InChI=1S/C19H19F3N4O3.C3H6.2C2H6.C2H2/c1-3-8-24-17(27)16-13(9-23)29-18(26-16)11-4-6-12(28-2)15-10(11)5-7-14(25-15)19(20,21)22;1-3-2;3*1-2/h4-7H,3,8-9,23H2,1-2H3,(H,24,27);3H,1H2,2H3;2*1-2H3;1-2H. The number of halogens is 3. The number of nitrogens with zero attached hydrogens (tertiary/aromatic N) is 2. The first-order valence-corrected chi connectivity index (χ1v) is 12.1. The van der Waals surface area contributed by atoms with E-state index in [9.17, 15) is 18.0 Å². The fourth-order valence-corrected chi connectivity index (χ4v) is 2.81. The summed E-state index contributed by atoms with van der Waals surface area (Å²) in [6.45, 7) is 15.6. The van der Waals surface area contributed by atoms with Gasteiger partial charge >= 0.3 is 6.18 Å². The maximum atomic E-state index is 13.1. The molecule has 0 radical (unpaired) electrons. The van der Waals surface area contributed by atoms with Gasteiger partial charge in [0, 0.05) is 17.5 Å². The van der Waals surface area contributed by atoms with Crippen molar-refractivity contribution in [2.75, 3.05) is 13.7 Å². The Kier molecular flexibility index (Phi) is 18.4. The summed E-state index contributed by atoms with van der Waals surface area (Å²) in [5.74, 6) is -0.0299. The molecule has 3 aromatic rings. The number of methoxy groups -OCH3 is 1. The minimum Gasteiger partial charge on any atom is -0.494 e. The predicted octanol–water partition coefficient (Wildman–Crippen LogP) is 7.01. The highest BCUT2D eigenvalue weighted by Gasteiger charge is 2.33. The van der Waals surface area contributed by atoms with E-state index >= 15 is 0 Å². The van der Waals surface area contributed by atoms with Crippen LogP contribution in [0.4, 0.5) is 13.2 Å². The first kappa shape index (κ1) is 36.3. The number of hydrogen-bond acceptors (Lipinski definition) is 6. The summed E-state index contributed by atoms with van der Waals surface area (Å²) in [7, 11) is 1.34. The van der Waals surface area contributed by atoms with E-state index in [1.165, 1.54) is 19.2 Å². The van der Waals surface area contributed by atoms with Gasteiger partial charge in [0.25, 0.3) is 5.91 Å². The van der Waals surface area contributed by atoms with Gasteiger partial charge in [0.15, 0.2) is 11.5 Å². The molecule has 0 aliphatic carbocycles. The van der Waals surface area contributed by atoms with Crippen LogP contribution < -0.4 is 15.8 Å². The molecule has 7 nitrogen and oxygen atoms in total. The van der Waals surface area contributed by atoms with Gasteiger partial charge in [-0.3, -0.25) is 4.79 Å². The number of terminal acetylenes is 1. The van der Waals surface area contributed by atoms with Gasteiger partial charge in [0.1, 0.15) is 17.0 Å². The summed E-state index contributed by atoms with van der Waals surface area (Å²) in [5, 5.41) is 3.03. The second kappa shape index (κ2) is 19.3. The van der Waals surface area contributed by atoms with E-state index in [0.29, 0.717) is 17.5 Å². The summed E-state index contributed by atoms with van der Waals surface area (Å²) in [6, 6.07) is 5.18. The first-order valence-electron chi connectivity index (χ1n) is 12.1. The molecule has 0 saturated carbocycles. The normalized spacial score (nSPS) is 9.61. The van der Waals surface area contributed by atoms with Crippen molar-refractivity contribution in [2.24, 2.45) is 5.73 Å². The van der Waals surface area contributed by atoms with Crippen LogP contribution in [0.3, 0.4) is 0 Å². The molecule has 0 bridgehead atoms. The van der Waals surface area contributed by atoms with Crippen molar-refractivity contribution in [3.63, 3.8) is 0 Å². The van der Waals surface area contributed by atoms with Crippen LogP contribution in [0.1, 0.15) is 69.9 Å². The van der Waals surface area contributed by atoms with E-state index in [2.05, 4.69) is 34.7 Å². The third-order valence-electron chi connectivity index (χ3n) is 4.19. The number of amides is 1. The third kappa shape index (κ3) is 9.90. The van der Waals surface area contributed by atoms with Crippen molar-refractivity contribution >= 4 is 16.8 Å². The van der Waals surface area contributed by atoms with Crippen molar-refractivity contribution in [3.05, 3.63) is 54.1 Å². The van der Waals surface area contributed by atoms with Crippen molar-refractivity contribution < 1.29 is 27.1 Å². The van der Waals surface area contributed by atoms with E-state index in [-0.39, 0.29) is 35.2 Å². The lowest BCUT2D eigenvalue weighted by atomic mass is 10.1. The fraction of sp³-hybridized carbons (Fsp3) is 0.393. The van der Waals surface area contributed by atoms with Crippen molar-refractivity contribution in [3.8, 4) is 30.1 Å². The lowest BCUT2D eigenvalue weighted by Crippen LogP contribution is -2.25. The smallest absolute Gasteiger partial charge is 0.433 e. The molecular weight excluding hydrogens is 497 g/mol. The van der Waals surface area contributed by atoms with Gasteiger partial charge in [-0.2, -0.15) is 13.2 Å². The molecule has 3 N–H and O–H groups in total. The summed E-state index contributed by atoms with van der Waals surface area (Å²) in [6.07, 6.45) is 5.89. The average molecular weight is 537 g/mol. The number of carbonyl (C=O) groups excluding carboxylic acids is 1. The van der Waals surface area contributed by atoms with Crippen molar-refractivity contribution in [1.82, 2.24) is 15.3 Å². The van der Waals surface area contributed by atoms with E-state index in [0.717, 1.165) is 12.5 Å². The molecule has 210 valence electrons. The number of hydrogen-bond donors (Lipinski definition) is 2. The molecule has 0 fully saturated rings. The molecule has 0 saturated heterocycles. The zero-order valence-electron chi connectivity index (χ0n) is 23.2. The first-order chi connectivity index (χ1) is 18.2. The molecular formula is C28H39F3N4O3. The van der Waals surface area contributed by atoms with Gasteiger partial charge < -0.3 is 20.2 Å². The molecule has 38 heavy (non-hydrogen) atoms. The number of nitrogens with two attached hydrogens (primary N) is 1. The Labute approximate surface area is 223 Å². The van der Waals surface area contributed by atoms with Crippen LogP contribution >= 0.6 is 0 Å². The monoisotopic (exact) mass is 536 g/mol. The van der Waals surface area contributed by atoms with Gasteiger partial charge in [-0.25, -0.2) is 9.97 Å². The zero-order chi connectivity index (χ0) is 29.9. The number of oxazole rings is 1. The van der Waals surface area contributed by atoms with Crippen molar-refractivity contribution in [2.45, 2.75) is 60.7 Å². The molecule has 0 unspecified atom stereocenters. The van der Waals surface area contributed by atoms with E-state index in [1.54, 1.807) is 12.1 Å². The molecule has 0 atom stereocenters. The van der Waals surface area contributed by atoms with Crippen LogP contribution in [-0.2, 0) is 12.7 Å². The minimum absolute atomic E-state index is 0.00399. The van der Waals surface area contributed by atoms with Crippen LogP contribution in [0.15, 0.2) is 41.3 Å². The Hall–Kier alpha value is -3.84. The van der Waals surface area contributed by atoms with Crippen LogP contribution in [0.5, 0.6) is 5.75 Å². The highest BCUT2D eigenvalue weighted by Crippen LogP contribution is 2.36. The van der Waals surface area contributed by atoms with Crippen LogP contribution in [0.2, 0.25) is 0 Å². The van der Waals surface area contributed by atoms with Gasteiger partial charge in [-0.15, -0.1) is 19.4 Å². The number of nitrogens with one attached hydrogen (secondary N) is 1. The van der Waals surface area contributed by atoms with Crippen molar-refractivity contribution in [1.29, 1.82) is 0 Å². The lowest BCUT2D eigenvalue weighted by Gasteiger charge is -2.11. The van der Waals surface area contributed by atoms with E-state index < -0.39 is 17.8 Å². The molecule has 2 aromatic heterocycles. The number of alkyl halides is 3. The Bertz CT molecular complexity index is 1140. The molecule has 1 amide bonds. The van der Waals surface area contributed by atoms with Gasteiger partial charge in [0.05, 0.1) is 13.7 Å². The zero-order valence-corrected chi connectivity index (χ0v) is 23.2. The van der Waals surface area contributed by atoms with Crippen LogP contribution in [-0.4, -0.2) is 29.5 Å². The highest BCUT2D eigenvalue weighted by molar-refractivity contribution is 5.98. The topological polar surface area (TPSA) is 103 Å². The van der Waals surface area contributed by atoms with Crippen LogP contribution in [0.25, 0.3) is 22.4 Å². The Balaban J connectivity index is 0.